The Labute approximate surface area is 176 Å². The Hall–Kier alpha value is -4.01. The average molecular weight is 421 g/mol. The molecule has 0 aliphatic carbocycles. The summed E-state index contributed by atoms with van der Waals surface area (Å²) < 4.78 is 21.0. The Morgan fingerprint density at radius 2 is 1.87 bits per heavy atom. The number of nitrogens with one attached hydrogen (secondary N) is 1. The first-order valence-electron chi connectivity index (χ1n) is 9.58. The average Bonchev–Trinajstić information content (AvgIpc) is 3.21. The fraction of sp³-hybridized carbons (Fsp3) is 0.182. The number of ether oxygens (including phenoxy) is 1. The first-order valence-corrected chi connectivity index (χ1v) is 9.58. The summed E-state index contributed by atoms with van der Waals surface area (Å²) in [6.07, 6.45) is 2.70. The second-order valence-electron chi connectivity index (χ2n) is 7.01. The number of nitrogens with zero attached hydrogens (tertiary/aromatic N) is 4. The van der Waals surface area contributed by atoms with E-state index in [-0.39, 0.29) is 35.3 Å². The maximum absolute atomic E-state index is 13.2. The zero-order chi connectivity index (χ0) is 22.0. The topological polar surface area (TPSA) is 91.0 Å². The molecular weight excluding hydrogens is 401 g/mol. The summed E-state index contributed by atoms with van der Waals surface area (Å²) in [5, 5.41) is 7.32. The number of amides is 1. The van der Waals surface area contributed by atoms with Gasteiger partial charge in [0, 0.05) is 0 Å². The number of benzene rings is 2. The van der Waals surface area contributed by atoms with Gasteiger partial charge in [-0.15, -0.1) is 0 Å². The number of hydrogen-bond acceptors (Lipinski definition) is 5. The molecule has 4 aromatic rings. The molecule has 31 heavy (non-hydrogen) atoms. The molecule has 1 amide bonds. The van der Waals surface area contributed by atoms with Gasteiger partial charge in [0.2, 0.25) is 5.91 Å². The summed E-state index contributed by atoms with van der Waals surface area (Å²) in [7, 11) is 1.59. The minimum absolute atomic E-state index is 0.177. The summed E-state index contributed by atoms with van der Waals surface area (Å²) in [5.74, 6) is 0.0392. The lowest BCUT2D eigenvalue weighted by Gasteiger charge is -2.15. The quantitative estimate of drug-likeness (QED) is 0.517. The molecule has 4 rings (SSSR count). The van der Waals surface area contributed by atoms with E-state index in [4.69, 9.17) is 4.74 Å². The zero-order valence-corrected chi connectivity index (χ0v) is 16.9. The molecule has 2 aromatic carbocycles. The van der Waals surface area contributed by atoms with Crippen LogP contribution in [0.4, 0.5) is 4.39 Å². The number of hydrogen-bond donors (Lipinski definition) is 1. The van der Waals surface area contributed by atoms with Gasteiger partial charge in [0.25, 0.3) is 5.56 Å². The monoisotopic (exact) mass is 421 g/mol. The fourth-order valence-electron chi connectivity index (χ4n) is 3.25. The summed E-state index contributed by atoms with van der Waals surface area (Å²) >= 11 is 0. The van der Waals surface area contributed by atoms with Crippen LogP contribution >= 0.6 is 0 Å². The summed E-state index contributed by atoms with van der Waals surface area (Å²) in [4.78, 5) is 29.6. The van der Waals surface area contributed by atoms with Crippen molar-refractivity contribution in [1.82, 2.24) is 24.6 Å². The number of fused-ring (bicyclic) bond motifs is 1. The van der Waals surface area contributed by atoms with Gasteiger partial charge in [-0.25, -0.2) is 14.1 Å². The van der Waals surface area contributed by atoms with Crippen LogP contribution in [0.1, 0.15) is 18.5 Å². The minimum Gasteiger partial charge on any atom is -0.497 e. The van der Waals surface area contributed by atoms with Gasteiger partial charge in [0.15, 0.2) is 5.65 Å². The SMILES string of the molecule is COc1ccc([C@H](C)NC(=O)Cn2cnc3c(cnn3-c3ccc(F)cc3)c2=O)cc1. The molecule has 0 aliphatic heterocycles. The lowest BCUT2D eigenvalue weighted by molar-refractivity contribution is -0.122. The first kappa shape index (κ1) is 20.3. The third kappa shape index (κ3) is 4.16. The Kier molecular flexibility index (Phi) is 5.48. The van der Waals surface area contributed by atoms with Crippen LogP contribution in [0.5, 0.6) is 5.75 Å². The van der Waals surface area contributed by atoms with Crippen molar-refractivity contribution < 1.29 is 13.9 Å². The number of halogens is 1. The molecule has 158 valence electrons. The lowest BCUT2D eigenvalue weighted by Crippen LogP contribution is -2.33. The van der Waals surface area contributed by atoms with Crippen molar-refractivity contribution in [2.24, 2.45) is 0 Å². The maximum atomic E-state index is 13.2. The molecule has 0 fully saturated rings. The predicted octanol–water partition coefficient (Wildman–Crippen LogP) is 2.61. The number of carbonyl (C=O) groups excluding carboxylic acids is 1. The van der Waals surface area contributed by atoms with Gasteiger partial charge < -0.3 is 10.1 Å². The standard InChI is InChI=1S/C22H20FN5O3/c1-14(15-3-9-18(31-2)10-4-15)26-20(29)12-27-13-24-21-19(22(27)30)11-25-28(21)17-7-5-16(23)6-8-17/h3-11,13-14H,12H2,1-2H3,(H,26,29)/t14-/m0/s1. The van der Waals surface area contributed by atoms with Crippen LogP contribution in [-0.4, -0.2) is 32.3 Å². The molecule has 2 aromatic heterocycles. The van der Waals surface area contributed by atoms with Crippen LogP contribution in [-0.2, 0) is 11.3 Å². The van der Waals surface area contributed by atoms with Gasteiger partial charge >= 0.3 is 0 Å². The summed E-state index contributed by atoms with van der Waals surface area (Å²) in [5.41, 5.74) is 1.44. The van der Waals surface area contributed by atoms with Crippen molar-refractivity contribution in [3.8, 4) is 11.4 Å². The highest BCUT2D eigenvalue weighted by atomic mass is 19.1. The molecule has 1 N–H and O–H groups in total. The largest absolute Gasteiger partial charge is 0.497 e. The molecule has 0 unspecified atom stereocenters. The highest BCUT2D eigenvalue weighted by Crippen LogP contribution is 2.17. The van der Waals surface area contributed by atoms with E-state index in [0.717, 1.165) is 11.3 Å². The van der Waals surface area contributed by atoms with Crippen LogP contribution < -0.4 is 15.6 Å². The molecule has 9 heteroatoms. The van der Waals surface area contributed by atoms with Gasteiger partial charge in [-0.1, -0.05) is 12.1 Å². The highest BCUT2D eigenvalue weighted by Gasteiger charge is 2.15. The van der Waals surface area contributed by atoms with Crippen molar-refractivity contribution in [1.29, 1.82) is 0 Å². The van der Waals surface area contributed by atoms with Gasteiger partial charge in [-0.2, -0.15) is 5.10 Å². The molecule has 0 spiro atoms. The molecule has 0 saturated carbocycles. The second kappa shape index (κ2) is 8.39. The van der Waals surface area contributed by atoms with Gasteiger partial charge in [0.1, 0.15) is 29.8 Å². The Morgan fingerprint density at radius 3 is 2.55 bits per heavy atom. The van der Waals surface area contributed by atoms with Crippen LogP contribution in [0.3, 0.4) is 0 Å². The predicted molar refractivity (Wildman–Crippen MR) is 113 cm³/mol. The number of carbonyl (C=O) groups is 1. The number of rotatable bonds is 6. The first-order chi connectivity index (χ1) is 15.0. The van der Waals surface area contributed by atoms with Crippen LogP contribution in [0.25, 0.3) is 16.7 Å². The zero-order valence-electron chi connectivity index (χ0n) is 16.9. The molecule has 0 radical (unpaired) electrons. The normalized spacial score (nSPS) is 12.0. The third-order valence-electron chi connectivity index (χ3n) is 4.93. The summed E-state index contributed by atoms with van der Waals surface area (Å²) in [6, 6.07) is 12.8. The van der Waals surface area contributed by atoms with E-state index < -0.39 is 0 Å². The van der Waals surface area contributed by atoms with Crippen LogP contribution in [0.2, 0.25) is 0 Å². The van der Waals surface area contributed by atoms with Crippen molar-refractivity contribution in [2.75, 3.05) is 7.11 Å². The van der Waals surface area contributed by atoms with E-state index >= 15 is 0 Å². The highest BCUT2D eigenvalue weighted by molar-refractivity contribution is 5.78. The summed E-state index contributed by atoms with van der Waals surface area (Å²) in [6.45, 7) is 1.68. The molecule has 8 nitrogen and oxygen atoms in total. The van der Waals surface area contributed by atoms with Crippen molar-refractivity contribution in [3.05, 3.63) is 82.8 Å². The third-order valence-corrected chi connectivity index (χ3v) is 4.93. The smallest absolute Gasteiger partial charge is 0.264 e. The Bertz CT molecular complexity index is 1280. The Morgan fingerprint density at radius 1 is 1.16 bits per heavy atom. The molecule has 0 bridgehead atoms. The number of methoxy groups -OCH3 is 1. The second-order valence-corrected chi connectivity index (χ2v) is 7.01. The van der Waals surface area contributed by atoms with Crippen LogP contribution in [0.15, 0.2) is 65.8 Å². The van der Waals surface area contributed by atoms with Crippen molar-refractivity contribution in [2.45, 2.75) is 19.5 Å². The molecular formula is C22H20FN5O3. The van der Waals surface area contributed by atoms with E-state index in [1.165, 1.54) is 33.9 Å². The molecule has 0 aliphatic rings. The minimum atomic E-state index is -0.384. The van der Waals surface area contributed by atoms with Crippen molar-refractivity contribution in [3.63, 3.8) is 0 Å². The molecule has 0 saturated heterocycles. The van der Waals surface area contributed by atoms with Crippen LogP contribution in [0, 0.1) is 5.82 Å². The van der Waals surface area contributed by atoms with Gasteiger partial charge in [0.05, 0.1) is 25.0 Å². The fourth-order valence-corrected chi connectivity index (χ4v) is 3.25. The van der Waals surface area contributed by atoms with E-state index in [2.05, 4.69) is 15.4 Å². The molecule has 1 atom stereocenters. The van der Waals surface area contributed by atoms with E-state index in [0.29, 0.717) is 11.3 Å². The Balaban J connectivity index is 1.51. The van der Waals surface area contributed by atoms with E-state index in [9.17, 15) is 14.0 Å². The van der Waals surface area contributed by atoms with Crippen molar-refractivity contribution >= 4 is 16.9 Å². The maximum Gasteiger partial charge on any atom is 0.264 e. The lowest BCUT2D eigenvalue weighted by atomic mass is 10.1. The van der Waals surface area contributed by atoms with E-state index in [1.807, 2.05) is 31.2 Å². The van der Waals surface area contributed by atoms with Gasteiger partial charge in [-0.3, -0.25) is 14.2 Å². The van der Waals surface area contributed by atoms with E-state index in [1.54, 1.807) is 19.2 Å². The molecule has 2 heterocycles. The number of aromatic nitrogens is 4. The van der Waals surface area contributed by atoms with Gasteiger partial charge in [-0.05, 0) is 48.9 Å².